The largest absolute Gasteiger partial charge is 0.498 e. The molecule has 0 saturated carbocycles. The molecule has 1 saturated heterocycles. The van der Waals surface area contributed by atoms with E-state index in [2.05, 4.69) is 27.7 Å². The van der Waals surface area contributed by atoms with Crippen molar-refractivity contribution >= 4 is 12.6 Å². The van der Waals surface area contributed by atoms with Gasteiger partial charge < -0.3 is 13.7 Å². The summed E-state index contributed by atoms with van der Waals surface area (Å²) in [4.78, 5) is 0. The summed E-state index contributed by atoms with van der Waals surface area (Å²) in [6.45, 7) is 12.1. The van der Waals surface area contributed by atoms with Crippen LogP contribution in [-0.4, -0.2) is 18.3 Å². The Morgan fingerprint density at radius 2 is 1.50 bits per heavy atom. The van der Waals surface area contributed by atoms with Gasteiger partial charge in [0, 0.05) is 5.46 Å². The summed E-state index contributed by atoms with van der Waals surface area (Å²) in [5.74, 6) is 1.76. The molecule has 0 aromatic carbocycles. The summed E-state index contributed by atoms with van der Waals surface area (Å²) in [7, 11) is -0.317. The number of hydrogen-bond donors (Lipinski definition) is 0. The predicted octanol–water partition coefficient (Wildman–Crippen LogP) is 2.20. The van der Waals surface area contributed by atoms with Crippen molar-refractivity contribution in [3.8, 4) is 0 Å². The van der Waals surface area contributed by atoms with Crippen LogP contribution in [0.4, 0.5) is 0 Å². The molecule has 1 aromatic rings. The van der Waals surface area contributed by atoms with Crippen LogP contribution in [0.2, 0.25) is 0 Å². The first kappa shape index (κ1) is 11.7. The van der Waals surface area contributed by atoms with E-state index in [0.717, 1.165) is 17.0 Å². The van der Waals surface area contributed by atoms with Gasteiger partial charge in [0.15, 0.2) is 0 Å². The van der Waals surface area contributed by atoms with Crippen molar-refractivity contribution in [1.82, 2.24) is 0 Å². The Hall–Kier alpha value is -0.735. The van der Waals surface area contributed by atoms with Crippen molar-refractivity contribution in [1.29, 1.82) is 0 Å². The van der Waals surface area contributed by atoms with Gasteiger partial charge in [0.2, 0.25) is 0 Å². The van der Waals surface area contributed by atoms with Gasteiger partial charge >= 0.3 is 7.12 Å². The average Bonchev–Trinajstić information content (AvgIpc) is 2.51. The van der Waals surface area contributed by atoms with E-state index in [1.807, 2.05) is 19.9 Å². The highest BCUT2D eigenvalue weighted by molar-refractivity contribution is 6.62. The van der Waals surface area contributed by atoms with Crippen LogP contribution >= 0.6 is 0 Å². The first-order chi connectivity index (χ1) is 7.23. The quantitative estimate of drug-likeness (QED) is 0.682. The van der Waals surface area contributed by atoms with Crippen LogP contribution in [-0.2, 0) is 9.31 Å². The lowest BCUT2D eigenvalue weighted by molar-refractivity contribution is 0.00578. The van der Waals surface area contributed by atoms with Gasteiger partial charge in [-0.3, -0.25) is 0 Å². The van der Waals surface area contributed by atoms with Crippen LogP contribution in [0.1, 0.15) is 39.2 Å². The van der Waals surface area contributed by atoms with Crippen molar-refractivity contribution in [2.75, 3.05) is 0 Å². The molecule has 0 aliphatic carbocycles. The van der Waals surface area contributed by atoms with Crippen molar-refractivity contribution in [3.63, 3.8) is 0 Å². The van der Waals surface area contributed by atoms with Gasteiger partial charge in [-0.2, -0.15) is 0 Å². The molecule has 2 heterocycles. The highest BCUT2D eigenvalue weighted by Crippen LogP contribution is 2.36. The fourth-order valence-electron chi connectivity index (χ4n) is 1.85. The summed E-state index contributed by atoms with van der Waals surface area (Å²) < 4.78 is 17.4. The van der Waals surface area contributed by atoms with E-state index in [1.54, 1.807) is 0 Å². The zero-order chi connectivity index (χ0) is 12.1. The maximum Gasteiger partial charge on any atom is 0.498 e. The van der Waals surface area contributed by atoms with E-state index >= 15 is 0 Å². The Morgan fingerprint density at radius 1 is 1.00 bits per heavy atom. The van der Waals surface area contributed by atoms with Crippen LogP contribution in [0.25, 0.3) is 0 Å². The van der Waals surface area contributed by atoms with Crippen LogP contribution < -0.4 is 5.46 Å². The highest BCUT2D eigenvalue weighted by atomic mass is 16.7. The lowest BCUT2D eigenvalue weighted by atomic mass is 9.79. The molecule has 16 heavy (non-hydrogen) atoms. The van der Waals surface area contributed by atoms with Gasteiger partial charge in [-0.1, -0.05) is 0 Å². The highest BCUT2D eigenvalue weighted by Gasteiger charge is 2.52. The Morgan fingerprint density at radius 3 is 1.88 bits per heavy atom. The fraction of sp³-hybridized carbons (Fsp3) is 0.667. The summed E-state index contributed by atoms with van der Waals surface area (Å²) >= 11 is 0. The van der Waals surface area contributed by atoms with Crippen LogP contribution in [0.3, 0.4) is 0 Å². The van der Waals surface area contributed by atoms with Gasteiger partial charge in [-0.15, -0.1) is 0 Å². The molecule has 88 valence electrons. The summed E-state index contributed by atoms with van der Waals surface area (Å²) in [6.07, 6.45) is 0. The fourth-order valence-corrected chi connectivity index (χ4v) is 1.85. The molecule has 1 aliphatic rings. The molecule has 0 atom stereocenters. The topological polar surface area (TPSA) is 31.6 Å². The van der Waals surface area contributed by atoms with Gasteiger partial charge in [0.1, 0.15) is 11.5 Å². The molecule has 0 radical (unpaired) electrons. The number of hydrogen-bond acceptors (Lipinski definition) is 3. The van der Waals surface area contributed by atoms with E-state index in [-0.39, 0.29) is 18.3 Å². The first-order valence-electron chi connectivity index (χ1n) is 5.65. The Kier molecular flexibility index (Phi) is 2.48. The van der Waals surface area contributed by atoms with Crippen molar-refractivity contribution in [2.45, 2.75) is 52.7 Å². The second-order valence-corrected chi connectivity index (χ2v) is 5.46. The van der Waals surface area contributed by atoms with Gasteiger partial charge in [0.05, 0.1) is 11.2 Å². The molecule has 0 N–H and O–H groups in total. The molecule has 0 amide bonds. The third-order valence-corrected chi connectivity index (χ3v) is 3.59. The molecule has 0 bridgehead atoms. The van der Waals surface area contributed by atoms with Gasteiger partial charge in [-0.05, 0) is 47.6 Å². The molecule has 1 aromatic heterocycles. The predicted molar refractivity (Wildman–Crippen MR) is 63.9 cm³/mol. The Balaban J connectivity index is 2.30. The van der Waals surface area contributed by atoms with Crippen molar-refractivity contribution in [3.05, 3.63) is 17.6 Å². The minimum Gasteiger partial charge on any atom is -0.467 e. The minimum absolute atomic E-state index is 0.296. The van der Waals surface area contributed by atoms with E-state index in [0.29, 0.717) is 0 Å². The molecule has 2 rings (SSSR count). The lowest BCUT2D eigenvalue weighted by Gasteiger charge is -2.32. The third kappa shape index (κ3) is 1.70. The summed E-state index contributed by atoms with van der Waals surface area (Å²) in [5, 5.41) is 0. The maximum atomic E-state index is 5.96. The first-order valence-corrected chi connectivity index (χ1v) is 5.65. The second-order valence-electron chi connectivity index (χ2n) is 5.46. The van der Waals surface area contributed by atoms with Crippen molar-refractivity contribution in [2.24, 2.45) is 0 Å². The lowest BCUT2D eigenvalue weighted by Crippen LogP contribution is -2.41. The van der Waals surface area contributed by atoms with Crippen LogP contribution in [0.5, 0.6) is 0 Å². The SMILES string of the molecule is Cc1cc(B2OC(C)(C)C(C)(C)O2)c(C)o1. The monoisotopic (exact) mass is 222 g/mol. The van der Waals surface area contributed by atoms with Crippen molar-refractivity contribution < 1.29 is 13.7 Å². The van der Waals surface area contributed by atoms with Crippen LogP contribution in [0.15, 0.2) is 10.5 Å². The Labute approximate surface area is 97.3 Å². The van der Waals surface area contributed by atoms with E-state index in [4.69, 9.17) is 13.7 Å². The minimum atomic E-state index is -0.317. The molecular weight excluding hydrogens is 203 g/mol. The molecular formula is C12H19BO3. The zero-order valence-corrected chi connectivity index (χ0v) is 10.9. The standard InChI is InChI=1S/C12H19BO3/c1-8-7-10(9(2)14-8)13-15-11(3,4)12(5,6)16-13/h7H,1-6H3. The molecule has 0 unspecified atom stereocenters. The molecule has 4 heteroatoms. The second kappa shape index (κ2) is 3.38. The molecule has 1 fully saturated rings. The van der Waals surface area contributed by atoms with E-state index in [9.17, 15) is 0 Å². The summed E-state index contributed by atoms with van der Waals surface area (Å²) in [6, 6.07) is 1.98. The normalized spacial score (nSPS) is 22.8. The van der Waals surface area contributed by atoms with E-state index in [1.165, 1.54) is 0 Å². The van der Waals surface area contributed by atoms with E-state index < -0.39 is 0 Å². The summed E-state index contributed by atoms with van der Waals surface area (Å²) in [5.41, 5.74) is 0.404. The Bertz CT molecular complexity index is 390. The number of furan rings is 1. The third-order valence-electron chi connectivity index (χ3n) is 3.59. The van der Waals surface area contributed by atoms with Gasteiger partial charge in [0.25, 0.3) is 0 Å². The number of aryl methyl sites for hydroxylation is 2. The van der Waals surface area contributed by atoms with Gasteiger partial charge in [-0.25, -0.2) is 0 Å². The zero-order valence-electron chi connectivity index (χ0n) is 10.9. The van der Waals surface area contributed by atoms with Crippen LogP contribution in [0, 0.1) is 13.8 Å². The smallest absolute Gasteiger partial charge is 0.467 e. The molecule has 3 nitrogen and oxygen atoms in total. The number of rotatable bonds is 1. The maximum absolute atomic E-state index is 5.96. The molecule has 1 aliphatic heterocycles. The average molecular weight is 222 g/mol. The molecule has 0 spiro atoms.